The van der Waals surface area contributed by atoms with Gasteiger partial charge in [-0.3, -0.25) is 0 Å². The Morgan fingerprint density at radius 2 is 1.74 bits per heavy atom. The highest BCUT2D eigenvalue weighted by Gasteiger charge is 2.14. The first-order valence-corrected chi connectivity index (χ1v) is 6.89. The van der Waals surface area contributed by atoms with Gasteiger partial charge in [-0.2, -0.15) is 0 Å². The van der Waals surface area contributed by atoms with Crippen LogP contribution in [-0.4, -0.2) is 7.11 Å². The van der Waals surface area contributed by atoms with Gasteiger partial charge in [0.1, 0.15) is 5.75 Å². The Kier molecular flexibility index (Phi) is 4.38. The summed E-state index contributed by atoms with van der Waals surface area (Å²) in [7, 11) is 1.67. The van der Waals surface area contributed by atoms with E-state index in [1.165, 1.54) is 0 Å². The maximum Gasteiger partial charge on any atom is 0.121 e. The van der Waals surface area contributed by atoms with Crippen molar-refractivity contribution in [1.82, 2.24) is 0 Å². The minimum atomic E-state index is -0.205. The third-order valence-corrected chi connectivity index (χ3v) is 3.95. The number of hydrogen-bond donors (Lipinski definition) is 0. The molecule has 0 aromatic heterocycles. The molecule has 2 rings (SSSR count). The van der Waals surface area contributed by atoms with Crippen molar-refractivity contribution in [3.8, 4) is 5.75 Å². The fraction of sp³-hybridized carbons (Fsp3) is 0.250. The predicted molar refractivity (Wildman–Crippen MR) is 81.6 cm³/mol. The first-order chi connectivity index (χ1) is 9.02. The van der Waals surface area contributed by atoms with E-state index in [9.17, 15) is 0 Å². The number of rotatable bonds is 3. The lowest BCUT2D eigenvalue weighted by molar-refractivity contribution is 0.411. The van der Waals surface area contributed by atoms with Crippen molar-refractivity contribution in [1.29, 1.82) is 0 Å². The van der Waals surface area contributed by atoms with E-state index in [1.54, 1.807) is 7.11 Å². The van der Waals surface area contributed by atoms with E-state index in [0.717, 1.165) is 28.0 Å². The highest BCUT2D eigenvalue weighted by atomic mass is 35.5. The molecule has 0 bridgehead atoms. The van der Waals surface area contributed by atoms with Crippen molar-refractivity contribution in [2.75, 3.05) is 7.11 Å². The molecule has 1 nitrogen and oxygen atoms in total. The molecule has 0 heterocycles. The third-order valence-electron chi connectivity index (χ3n) is 3.23. The second-order valence-corrected chi connectivity index (χ2v) is 5.47. The summed E-state index contributed by atoms with van der Waals surface area (Å²) < 4.78 is 5.26. The van der Waals surface area contributed by atoms with Crippen molar-refractivity contribution in [2.24, 2.45) is 0 Å². The molecule has 19 heavy (non-hydrogen) atoms. The minimum absolute atomic E-state index is 0.205. The van der Waals surface area contributed by atoms with Gasteiger partial charge in [-0.25, -0.2) is 0 Å². The molecule has 0 spiro atoms. The molecule has 0 radical (unpaired) electrons. The number of methoxy groups -OCH3 is 1. The molecular weight excluding hydrogens is 279 g/mol. The molecule has 0 fully saturated rings. The van der Waals surface area contributed by atoms with Crippen LogP contribution in [0.2, 0.25) is 5.02 Å². The van der Waals surface area contributed by atoms with Gasteiger partial charge >= 0.3 is 0 Å². The average Bonchev–Trinajstić information content (AvgIpc) is 2.40. The fourth-order valence-corrected chi connectivity index (χ4v) is 2.67. The monoisotopic (exact) mass is 294 g/mol. The highest BCUT2D eigenvalue weighted by molar-refractivity contribution is 6.31. The lowest BCUT2D eigenvalue weighted by atomic mass is 9.98. The topological polar surface area (TPSA) is 9.23 Å². The van der Waals surface area contributed by atoms with E-state index in [1.807, 2.05) is 44.2 Å². The number of aryl methyl sites for hydroxylation is 2. The van der Waals surface area contributed by atoms with Crippen LogP contribution in [0.4, 0.5) is 0 Å². The molecular formula is C16H16Cl2O. The van der Waals surface area contributed by atoms with E-state index in [2.05, 4.69) is 6.07 Å². The standard InChI is InChI=1S/C16H16Cl2O/c1-10-4-6-13(17)9-14(10)16(18)12-5-7-15(19-3)11(2)8-12/h4-9,16H,1-3H3. The number of ether oxygens (including phenoxy) is 1. The van der Waals surface area contributed by atoms with Crippen LogP contribution in [0.15, 0.2) is 36.4 Å². The second kappa shape index (κ2) is 5.85. The summed E-state index contributed by atoms with van der Waals surface area (Å²) in [5.74, 6) is 0.871. The summed E-state index contributed by atoms with van der Waals surface area (Å²) in [5, 5.41) is 0.500. The first-order valence-electron chi connectivity index (χ1n) is 6.07. The zero-order valence-corrected chi connectivity index (χ0v) is 12.7. The van der Waals surface area contributed by atoms with Crippen LogP contribution in [-0.2, 0) is 0 Å². The normalized spacial score (nSPS) is 12.3. The first kappa shape index (κ1) is 14.2. The maximum atomic E-state index is 6.58. The molecule has 0 aliphatic rings. The van der Waals surface area contributed by atoms with Gasteiger partial charge in [-0.1, -0.05) is 29.8 Å². The Bertz CT molecular complexity index is 593. The summed E-state index contributed by atoms with van der Waals surface area (Å²) in [6.07, 6.45) is 0. The van der Waals surface area contributed by atoms with Crippen molar-refractivity contribution in [3.05, 3.63) is 63.7 Å². The second-order valence-electron chi connectivity index (χ2n) is 4.59. The third kappa shape index (κ3) is 3.05. The van der Waals surface area contributed by atoms with Crippen molar-refractivity contribution in [2.45, 2.75) is 19.2 Å². The SMILES string of the molecule is COc1ccc(C(Cl)c2cc(Cl)ccc2C)cc1C. The number of benzene rings is 2. The van der Waals surface area contributed by atoms with Gasteiger partial charge in [-0.05, 0) is 54.3 Å². The summed E-state index contributed by atoms with van der Waals surface area (Å²) in [5.41, 5.74) is 4.30. The van der Waals surface area contributed by atoms with Crippen LogP contribution < -0.4 is 4.74 Å². The van der Waals surface area contributed by atoms with E-state index in [-0.39, 0.29) is 5.38 Å². The predicted octanol–water partition coefficient (Wildman–Crippen LogP) is 5.29. The van der Waals surface area contributed by atoms with Gasteiger partial charge < -0.3 is 4.74 Å². The van der Waals surface area contributed by atoms with Crippen LogP contribution in [0.5, 0.6) is 5.75 Å². The van der Waals surface area contributed by atoms with Gasteiger partial charge in [-0.15, -0.1) is 11.6 Å². The zero-order chi connectivity index (χ0) is 14.0. The average molecular weight is 295 g/mol. The Morgan fingerprint density at radius 1 is 1.00 bits per heavy atom. The van der Waals surface area contributed by atoms with Gasteiger partial charge in [0, 0.05) is 5.02 Å². The molecule has 0 aliphatic heterocycles. The molecule has 3 heteroatoms. The molecule has 2 aromatic carbocycles. The molecule has 0 amide bonds. The summed E-state index contributed by atoms with van der Waals surface area (Å²) in [6, 6.07) is 11.8. The van der Waals surface area contributed by atoms with Crippen LogP contribution in [0.3, 0.4) is 0 Å². The maximum absolute atomic E-state index is 6.58. The molecule has 2 aromatic rings. The Labute approximate surface area is 124 Å². The lowest BCUT2D eigenvalue weighted by Gasteiger charge is -2.15. The van der Waals surface area contributed by atoms with Crippen molar-refractivity contribution < 1.29 is 4.74 Å². The Hall–Kier alpha value is -1.18. The summed E-state index contributed by atoms with van der Waals surface area (Å²) in [6.45, 7) is 4.05. The van der Waals surface area contributed by atoms with Crippen LogP contribution in [0.1, 0.15) is 27.6 Å². The van der Waals surface area contributed by atoms with Crippen LogP contribution in [0, 0.1) is 13.8 Å². The smallest absolute Gasteiger partial charge is 0.121 e. The van der Waals surface area contributed by atoms with Gasteiger partial charge in [0.25, 0.3) is 0 Å². The van der Waals surface area contributed by atoms with Crippen LogP contribution >= 0.6 is 23.2 Å². The minimum Gasteiger partial charge on any atom is -0.496 e. The van der Waals surface area contributed by atoms with Crippen LogP contribution in [0.25, 0.3) is 0 Å². The largest absolute Gasteiger partial charge is 0.496 e. The molecule has 0 aliphatic carbocycles. The van der Waals surface area contributed by atoms with Gasteiger partial charge in [0.05, 0.1) is 12.5 Å². The Balaban J connectivity index is 2.41. The highest BCUT2D eigenvalue weighted by Crippen LogP contribution is 2.34. The number of halogens is 2. The summed E-state index contributed by atoms with van der Waals surface area (Å²) >= 11 is 12.6. The van der Waals surface area contributed by atoms with E-state index >= 15 is 0 Å². The molecule has 1 atom stereocenters. The van der Waals surface area contributed by atoms with E-state index in [4.69, 9.17) is 27.9 Å². The van der Waals surface area contributed by atoms with Crippen molar-refractivity contribution >= 4 is 23.2 Å². The molecule has 0 saturated heterocycles. The van der Waals surface area contributed by atoms with Gasteiger partial charge in [0.15, 0.2) is 0 Å². The zero-order valence-electron chi connectivity index (χ0n) is 11.2. The fourth-order valence-electron chi connectivity index (χ4n) is 2.12. The lowest BCUT2D eigenvalue weighted by Crippen LogP contribution is -1.98. The molecule has 100 valence electrons. The quantitative estimate of drug-likeness (QED) is 0.699. The summed E-state index contributed by atoms with van der Waals surface area (Å²) in [4.78, 5) is 0. The van der Waals surface area contributed by atoms with E-state index in [0.29, 0.717) is 5.02 Å². The number of alkyl halides is 1. The van der Waals surface area contributed by atoms with Crippen molar-refractivity contribution in [3.63, 3.8) is 0 Å². The Morgan fingerprint density at radius 3 is 2.37 bits per heavy atom. The molecule has 0 saturated carbocycles. The van der Waals surface area contributed by atoms with Gasteiger partial charge in [0.2, 0.25) is 0 Å². The molecule has 0 N–H and O–H groups in total. The van der Waals surface area contributed by atoms with E-state index < -0.39 is 0 Å². The molecule has 1 unspecified atom stereocenters. The number of hydrogen-bond acceptors (Lipinski definition) is 1.